The van der Waals surface area contributed by atoms with Crippen LogP contribution in [0.1, 0.15) is 41.7 Å². The van der Waals surface area contributed by atoms with Gasteiger partial charge in [-0.05, 0) is 57.8 Å². The minimum absolute atomic E-state index is 0.238. The maximum absolute atomic E-state index is 12.8. The van der Waals surface area contributed by atoms with Crippen LogP contribution in [-0.2, 0) is 9.53 Å². The fourth-order valence-corrected chi connectivity index (χ4v) is 5.55. The highest BCUT2D eigenvalue weighted by molar-refractivity contribution is 6.04. The van der Waals surface area contributed by atoms with E-state index in [1.807, 2.05) is 25.1 Å². The molecule has 1 aromatic carbocycles. The molecule has 3 saturated heterocycles. The first-order valence-electron chi connectivity index (χ1n) is 9.83. The van der Waals surface area contributed by atoms with Crippen LogP contribution in [0.3, 0.4) is 0 Å². The second-order valence-corrected chi connectivity index (χ2v) is 8.63. The summed E-state index contributed by atoms with van der Waals surface area (Å²) in [5, 5.41) is 14.2. The van der Waals surface area contributed by atoms with Crippen LogP contribution in [0.5, 0.6) is 0 Å². The van der Waals surface area contributed by atoms with Crippen molar-refractivity contribution in [3.05, 3.63) is 29.5 Å². The van der Waals surface area contributed by atoms with Crippen LogP contribution in [0.2, 0.25) is 0 Å². The van der Waals surface area contributed by atoms with E-state index in [2.05, 4.69) is 20.8 Å². The quantitative estimate of drug-likeness (QED) is 0.621. The number of carbonyl (C=O) groups excluding carboxylic acids is 2. The van der Waals surface area contributed by atoms with Crippen molar-refractivity contribution in [2.75, 3.05) is 19.6 Å². The molecule has 0 unspecified atom stereocenters. The number of nitrogens with one attached hydrogen (secondary N) is 3. The van der Waals surface area contributed by atoms with Gasteiger partial charge >= 0.3 is 0 Å². The predicted octanol–water partition coefficient (Wildman–Crippen LogP) is 0.758. The Kier molecular flexibility index (Phi) is 3.64. The third-order valence-electron chi connectivity index (χ3n) is 6.92. The van der Waals surface area contributed by atoms with Gasteiger partial charge in [-0.1, -0.05) is 11.6 Å². The van der Waals surface area contributed by atoms with Crippen LogP contribution < -0.4 is 16.4 Å². The standard InChI is InChI=1S/C20H25N5O3/c1-12-2-3-14-13(8-12)15(25-24-14)16(26)23-11-18-9-19(10-18,17(21)27)20(28-18)4-6-22-7-5-20/h2-3,8,22H,4-7,9-11H2,1H3,(H2,21,27)(H,23,26)(H,24,25). The molecule has 8 nitrogen and oxygen atoms in total. The molecule has 2 aromatic rings. The number of hydrogen-bond acceptors (Lipinski definition) is 5. The summed E-state index contributed by atoms with van der Waals surface area (Å²) >= 11 is 0. The highest BCUT2D eigenvalue weighted by Crippen LogP contribution is 2.68. The summed E-state index contributed by atoms with van der Waals surface area (Å²) in [5.74, 6) is -0.514. The average Bonchev–Trinajstić information content (AvgIpc) is 3.25. The first-order valence-corrected chi connectivity index (χ1v) is 9.83. The number of primary amides is 1. The van der Waals surface area contributed by atoms with Gasteiger partial charge in [-0.2, -0.15) is 5.10 Å². The van der Waals surface area contributed by atoms with E-state index in [9.17, 15) is 9.59 Å². The Hall–Kier alpha value is -2.45. The van der Waals surface area contributed by atoms with E-state index in [0.29, 0.717) is 25.1 Å². The molecule has 2 amide bonds. The number of hydrogen-bond donors (Lipinski definition) is 4. The molecule has 5 N–H and O–H groups in total. The van der Waals surface area contributed by atoms with Gasteiger partial charge in [0.1, 0.15) is 0 Å². The van der Waals surface area contributed by atoms with E-state index >= 15 is 0 Å². The third kappa shape index (κ3) is 2.28. The number of ether oxygens (including phenoxy) is 1. The summed E-state index contributed by atoms with van der Waals surface area (Å²) in [6.07, 6.45) is 2.70. The topological polar surface area (TPSA) is 122 Å². The predicted molar refractivity (Wildman–Crippen MR) is 103 cm³/mol. The highest BCUT2D eigenvalue weighted by atomic mass is 16.5. The summed E-state index contributed by atoms with van der Waals surface area (Å²) in [6, 6.07) is 5.84. The first-order chi connectivity index (χ1) is 13.4. The molecule has 0 atom stereocenters. The Morgan fingerprint density at radius 2 is 2.04 bits per heavy atom. The first kappa shape index (κ1) is 17.6. The van der Waals surface area contributed by atoms with Gasteiger partial charge in [0.25, 0.3) is 5.91 Å². The number of rotatable bonds is 4. The van der Waals surface area contributed by atoms with Crippen LogP contribution in [0.25, 0.3) is 10.9 Å². The van der Waals surface area contributed by atoms with E-state index in [-0.39, 0.29) is 11.8 Å². The Morgan fingerprint density at radius 3 is 2.75 bits per heavy atom. The number of nitrogens with zero attached hydrogens (tertiary/aromatic N) is 1. The van der Waals surface area contributed by atoms with Gasteiger partial charge in [0.2, 0.25) is 5.91 Å². The number of nitrogens with two attached hydrogens (primary N) is 1. The highest BCUT2D eigenvalue weighted by Gasteiger charge is 2.77. The monoisotopic (exact) mass is 383 g/mol. The zero-order valence-electron chi connectivity index (χ0n) is 15.9. The van der Waals surface area contributed by atoms with Crippen LogP contribution in [0.4, 0.5) is 0 Å². The second-order valence-electron chi connectivity index (χ2n) is 8.63. The molecule has 1 saturated carbocycles. The SMILES string of the molecule is Cc1ccc2[nH]nc(C(=O)NCC34CC(C(N)=O)(C3)C3(CCNCC3)O4)c2c1. The molecule has 4 fully saturated rings. The van der Waals surface area contributed by atoms with Crippen LogP contribution in [0.15, 0.2) is 18.2 Å². The average molecular weight is 383 g/mol. The number of aryl methyl sites for hydroxylation is 1. The van der Waals surface area contributed by atoms with Crippen molar-refractivity contribution >= 4 is 22.7 Å². The number of H-pyrrole nitrogens is 1. The lowest BCUT2D eigenvalue weighted by molar-refractivity contribution is -0.137. The molecule has 28 heavy (non-hydrogen) atoms. The Labute approximate surface area is 162 Å². The number of amides is 2. The van der Waals surface area contributed by atoms with Gasteiger partial charge in [-0.25, -0.2) is 0 Å². The number of fused-ring (bicyclic) bond motifs is 1. The lowest BCUT2D eigenvalue weighted by atomic mass is 9.53. The van der Waals surface area contributed by atoms with E-state index in [1.54, 1.807) is 0 Å². The van der Waals surface area contributed by atoms with Crippen molar-refractivity contribution in [2.45, 2.75) is 43.8 Å². The molecule has 8 heteroatoms. The van der Waals surface area contributed by atoms with Crippen molar-refractivity contribution in [3.63, 3.8) is 0 Å². The molecule has 0 radical (unpaired) electrons. The van der Waals surface area contributed by atoms with Crippen molar-refractivity contribution in [1.29, 1.82) is 0 Å². The van der Waals surface area contributed by atoms with Gasteiger partial charge in [-0.15, -0.1) is 0 Å². The number of benzene rings is 1. The minimum Gasteiger partial charge on any atom is -0.369 e. The van der Waals surface area contributed by atoms with Crippen molar-refractivity contribution in [3.8, 4) is 0 Å². The molecule has 3 aliphatic heterocycles. The van der Waals surface area contributed by atoms with E-state index in [1.165, 1.54) is 0 Å². The molecule has 6 rings (SSSR count). The van der Waals surface area contributed by atoms with Crippen molar-refractivity contribution < 1.29 is 14.3 Å². The van der Waals surface area contributed by atoms with Gasteiger partial charge in [0.05, 0.1) is 22.1 Å². The summed E-state index contributed by atoms with van der Waals surface area (Å²) < 4.78 is 6.51. The minimum atomic E-state index is -0.601. The van der Waals surface area contributed by atoms with Gasteiger partial charge in [-0.3, -0.25) is 14.7 Å². The second kappa shape index (κ2) is 5.78. The van der Waals surface area contributed by atoms with Gasteiger partial charge < -0.3 is 21.1 Å². The van der Waals surface area contributed by atoms with E-state index in [0.717, 1.165) is 42.4 Å². The zero-order valence-corrected chi connectivity index (χ0v) is 15.9. The maximum atomic E-state index is 12.8. The maximum Gasteiger partial charge on any atom is 0.272 e. The summed E-state index contributed by atoms with van der Waals surface area (Å²) in [6.45, 7) is 3.97. The summed E-state index contributed by atoms with van der Waals surface area (Å²) in [4.78, 5) is 25.1. The van der Waals surface area contributed by atoms with Crippen LogP contribution in [0, 0.1) is 12.3 Å². The summed E-state index contributed by atoms with van der Waals surface area (Å²) in [7, 11) is 0. The normalized spacial score (nSPS) is 30.3. The fraction of sp³-hybridized carbons (Fsp3) is 0.550. The molecule has 148 valence electrons. The van der Waals surface area contributed by atoms with Crippen molar-refractivity contribution in [2.24, 2.45) is 11.1 Å². The molecule has 1 aliphatic carbocycles. The molecular formula is C20H25N5O3. The van der Waals surface area contributed by atoms with E-state index in [4.69, 9.17) is 10.5 Å². The van der Waals surface area contributed by atoms with Crippen LogP contribution >= 0.6 is 0 Å². The number of aromatic amines is 1. The Morgan fingerprint density at radius 1 is 1.29 bits per heavy atom. The zero-order chi connectivity index (χ0) is 19.6. The lowest BCUT2D eigenvalue weighted by Gasteiger charge is -2.47. The lowest BCUT2D eigenvalue weighted by Crippen LogP contribution is -2.60. The van der Waals surface area contributed by atoms with Crippen molar-refractivity contribution in [1.82, 2.24) is 20.8 Å². The van der Waals surface area contributed by atoms with Crippen LogP contribution in [-0.4, -0.2) is 52.8 Å². The number of aromatic nitrogens is 2. The van der Waals surface area contributed by atoms with E-state index < -0.39 is 16.6 Å². The number of piperidine rings is 1. The van der Waals surface area contributed by atoms with Gasteiger partial charge in [0.15, 0.2) is 5.69 Å². The molecule has 4 aliphatic rings. The molecule has 4 heterocycles. The number of carbonyl (C=O) groups is 2. The largest absolute Gasteiger partial charge is 0.369 e. The molecule has 1 spiro atoms. The smallest absolute Gasteiger partial charge is 0.272 e. The molecule has 1 aromatic heterocycles. The Balaban J connectivity index is 1.34. The molecule has 2 bridgehead atoms. The van der Waals surface area contributed by atoms with Gasteiger partial charge in [0, 0.05) is 11.9 Å². The molecular weight excluding hydrogens is 358 g/mol. The fourth-order valence-electron chi connectivity index (χ4n) is 5.55. The Bertz CT molecular complexity index is 969. The third-order valence-corrected chi connectivity index (χ3v) is 6.92. The summed E-state index contributed by atoms with van der Waals surface area (Å²) in [5.41, 5.74) is 6.47.